The lowest BCUT2D eigenvalue weighted by molar-refractivity contribution is -0.131. The van der Waals surface area contributed by atoms with E-state index in [1.165, 1.54) is 4.80 Å². The van der Waals surface area contributed by atoms with Crippen molar-refractivity contribution in [1.29, 1.82) is 0 Å². The first kappa shape index (κ1) is 17.1. The van der Waals surface area contributed by atoms with Crippen LogP contribution in [0.2, 0.25) is 5.02 Å². The van der Waals surface area contributed by atoms with Crippen LogP contribution in [0, 0.1) is 6.92 Å². The molecule has 0 bridgehead atoms. The molecule has 0 radical (unpaired) electrons. The van der Waals surface area contributed by atoms with Gasteiger partial charge in [0, 0.05) is 24.2 Å². The minimum Gasteiger partial charge on any atom is -0.340 e. The molecule has 25 heavy (non-hydrogen) atoms. The second-order valence-corrected chi connectivity index (χ2v) is 6.27. The van der Waals surface area contributed by atoms with E-state index in [9.17, 15) is 4.79 Å². The average molecular weight is 356 g/mol. The number of benzene rings is 2. The van der Waals surface area contributed by atoms with Crippen molar-refractivity contribution in [2.75, 3.05) is 7.05 Å². The lowest BCUT2D eigenvalue weighted by Crippen LogP contribution is -2.30. The van der Waals surface area contributed by atoms with Crippen molar-refractivity contribution in [3.8, 4) is 11.4 Å². The lowest BCUT2D eigenvalue weighted by Gasteiger charge is -2.18. The Morgan fingerprint density at radius 1 is 1.20 bits per heavy atom. The monoisotopic (exact) mass is 355 g/mol. The maximum absolute atomic E-state index is 12.4. The highest BCUT2D eigenvalue weighted by Crippen LogP contribution is 2.18. The molecule has 0 saturated heterocycles. The van der Waals surface area contributed by atoms with Gasteiger partial charge in [0.1, 0.15) is 6.54 Å². The van der Waals surface area contributed by atoms with Crippen LogP contribution in [0.25, 0.3) is 11.4 Å². The first-order valence-corrected chi connectivity index (χ1v) is 8.23. The molecule has 0 saturated carbocycles. The number of carbonyl (C=O) groups is 1. The fraction of sp³-hybridized carbons (Fsp3) is 0.222. The molecule has 1 heterocycles. The predicted octanol–water partition coefficient (Wildman–Crippen LogP) is 2.96. The van der Waals surface area contributed by atoms with E-state index in [0.717, 1.165) is 16.7 Å². The Morgan fingerprint density at radius 2 is 2.00 bits per heavy atom. The zero-order chi connectivity index (χ0) is 17.8. The van der Waals surface area contributed by atoms with Gasteiger partial charge in [0.25, 0.3) is 0 Å². The van der Waals surface area contributed by atoms with Gasteiger partial charge in [-0.25, -0.2) is 0 Å². The summed E-state index contributed by atoms with van der Waals surface area (Å²) in [7, 11) is 1.77. The molecular weight excluding hydrogens is 338 g/mol. The third-order valence-electron chi connectivity index (χ3n) is 3.91. The second-order valence-electron chi connectivity index (χ2n) is 5.83. The Labute approximate surface area is 151 Å². The third-order valence-corrected chi connectivity index (χ3v) is 4.14. The minimum atomic E-state index is -0.0849. The first-order chi connectivity index (χ1) is 12.0. The molecule has 0 N–H and O–H groups in total. The number of amides is 1. The fourth-order valence-corrected chi connectivity index (χ4v) is 2.62. The van der Waals surface area contributed by atoms with E-state index < -0.39 is 0 Å². The quantitative estimate of drug-likeness (QED) is 0.705. The number of aryl methyl sites for hydroxylation is 1. The van der Waals surface area contributed by atoms with Gasteiger partial charge in [-0.05, 0) is 35.4 Å². The maximum atomic E-state index is 12.4. The van der Waals surface area contributed by atoms with Crippen LogP contribution >= 0.6 is 11.6 Å². The highest BCUT2D eigenvalue weighted by Gasteiger charge is 2.14. The Balaban J connectivity index is 1.66. The van der Waals surface area contributed by atoms with Crippen molar-refractivity contribution in [3.05, 3.63) is 64.7 Å². The summed E-state index contributed by atoms with van der Waals surface area (Å²) in [5.41, 5.74) is 3.04. The van der Waals surface area contributed by atoms with Gasteiger partial charge in [-0.3, -0.25) is 4.79 Å². The molecule has 3 rings (SSSR count). The average Bonchev–Trinajstić information content (AvgIpc) is 3.05. The molecule has 0 fully saturated rings. The molecule has 0 unspecified atom stereocenters. The predicted molar refractivity (Wildman–Crippen MR) is 95.9 cm³/mol. The molecule has 7 heteroatoms. The van der Waals surface area contributed by atoms with Crippen LogP contribution in [-0.2, 0) is 17.9 Å². The zero-order valence-corrected chi connectivity index (χ0v) is 14.8. The molecule has 0 atom stereocenters. The summed E-state index contributed by atoms with van der Waals surface area (Å²) >= 11 is 5.97. The van der Waals surface area contributed by atoms with Gasteiger partial charge in [0.15, 0.2) is 0 Å². The summed E-state index contributed by atoms with van der Waals surface area (Å²) in [5.74, 6) is 0.357. The standard InChI is InChI=1S/C18H18ClN5O/c1-13-6-3-4-7-15(13)11-23(2)17(25)12-24-21-18(20-22-24)14-8-5-9-16(19)10-14/h3-10H,11-12H2,1-2H3. The number of tetrazole rings is 1. The van der Waals surface area contributed by atoms with Crippen molar-refractivity contribution in [2.24, 2.45) is 0 Å². The van der Waals surface area contributed by atoms with Crippen LogP contribution in [-0.4, -0.2) is 38.1 Å². The lowest BCUT2D eigenvalue weighted by atomic mass is 10.1. The van der Waals surface area contributed by atoms with E-state index in [4.69, 9.17) is 11.6 Å². The zero-order valence-electron chi connectivity index (χ0n) is 14.1. The number of hydrogen-bond acceptors (Lipinski definition) is 4. The molecule has 1 aromatic heterocycles. The van der Waals surface area contributed by atoms with Gasteiger partial charge >= 0.3 is 0 Å². The van der Waals surface area contributed by atoms with Crippen LogP contribution in [0.3, 0.4) is 0 Å². The Kier molecular flexibility index (Phi) is 5.09. The van der Waals surface area contributed by atoms with E-state index in [-0.39, 0.29) is 12.5 Å². The van der Waals surface area contributed by atoms with Crippen molar-refractivity contribution in [2.45, 2.75) is 20.0 Å². The summed E-state index contributed by atoms with van der Waals surface area (Å²) < 4.78 is 0. The van der Waals surface area contributed by atoms with E-state index >= 15 is 0 Å². The van der Waals surface area contributed by atoms with Crippen molar-refractivity contribution in [1.82, 2.24) is 25.1 Å². The second kappa shape index (κ2) is 7.44. The van der Waals surface area contributed by atoms with E-state index in [2.05, 4.69) is 15.4 Å². The first-order valence-electron chi connectivity index (χ1n) is 7.85. The smallest absolute Gasteiger partial charge is 0.246 e. The third kappa shape index (κ3) is 4.22. The van der Waals surface area contributed by atoms with E-state index in [1.807, 2.05) is 43.3 Å². The largest absolute Gasteiger partial charge is 0.340 e. The molecule has 1 amide bonds. The number of nitrogens with zero attached hydrogens (tertiary/aromatic N) is 5. The number of rotatable bonds is 5. The van der Waals surface area contributed by atoms with Gasteiger partial charge < -0.3 is 4.90 Å². The molecule has 2 aromatic carbocycles. The summed E-state index contributed by atoms with van der Waals surface area (Å²) in [5, 5.41) is 12.8. The highest BCUT2D eigenvalue weighted by atomic mass is 35.5. The van der Waals surface area contributed by atoms with Crippen LogP contribution in [0.5, 0.6) is 0 Å². The van der Waals surface area contributed by atoms with Gasteiger partial charge in [0.2, 0.25) is 11.7 Å². The fourth-order valence-electron chi connectivity index (χ4n) is 2.43. The molecule has 0 spiro atoms. The maximum Gasteiger partial charge on any atom is 0.246 e. The highest BCUT2D eigenvalue weighted by molar-refractivity contribution is 6.30. The summed E-state index contributed by atoms with van der Waals surface area (Å²) in [4.78, 5) is 15.4. The number of likely N-dealkylation sites (N-methyl/N-ethyl adjacent to an activating group) is 1. The molecule has 0 aliphatic rings. The molecular formula is C18H18ClN5O. The van der Waals surface area contributed by atoms with Crippen LogP contribution < -0.4 is 0 Å². The SMILES string of the molecule is Cc1ccccc1CN(C)C(=O)Cn1nnc(-c2cccc(Cl)c2)n1. The van der Waals surface area contributed by atoms with Gasteiger partial charge in [0.05, 0.1) is 0 Å². The summed E-state index contributed by atoms with van der Waals surface area (Å²) in [6.45, 7) is 2.61. The van der Waals surface area contributed by atoms with Crippen LogP contribution in [0.1, 0.15) is 11.1 Å². The van der Waals surface area contributed by atoms with Crippen LogP contribution in [0.15, 0.2) is 48.5 Å². The minimum absolute atomic E-state index is 0.0376. The number of carbonyl (C=O) groups excluding carboxylic acids is 1. The van der Waals surface area contributed by atoms with E-state index in [0.29, 0.717) is 17.4 Å². The Hall–Kier alpha value is -2.73. The number of hydrogen-bond donors (Lipinski definition) is 0. The molecule has 0 aliphatic carbocycles. The number of halogens is 1. The van der Waals surface area contributed by atoms with Crippen molar-refractivity contribution in [3.63, 3.8) is 0 Å². The number of aromatic nitrogens is 4. The summed E-state index contributed by atoms with van der Waals surface area (Å²) in [6.07, 6.45) is 0. The van der Waals surface area contributed by atoms with Gasteiger partial charge in [-0.15, -0.1) is 10.2 Å². The van der Waals surface area contributed by atoms with Gasteiger partial charge in [-0.1, -0.05) is 48.0 Å². The molecule has 3 aromatic rings. The van der Waals surface area contributed by atoms with Gasteiger partial charge in [-0.2, -0.15) is 4.80 Å². The molecule has 128 valence electrons. The van der Waals surface area contributed by atoms with Crippen molar-refractivity contribution >= 4 is 17.5 Å². The topological polar surface area (TPSA) is 63.9 Å². The molecule has 0 aliphatic heterocycles. The van der Waals surface area contributed by atoms with Crippen molar-refractivity contribution < 1.29 is 4.79 Å². The Bertz CT molecular complexity index is 892. The summed E-state index contributed by atoms with van der Waals surface area (Å²) in [6, 6.07) is 15.2. The van der Waals surface area contributed by atoms with E-state index in [1.54, 1.807) is 24.1 Å². The normalized spacial score (nSPS) is 10.7. The Morgan fingerprint density at radius 3 is 2.76 bits per heavy atom. The van der Waals surface area contributed by atoms with Crippen LogP contribution in [0.4, 0.5) is 0 Å². The molecule has 6 nitrogen and oxygen atoms in total.